The van der Waals surface area contributed by atoms with Crippen molar-refractivity contribution in [1.29, 1.82) is 0 Å². The second kappa shape index (κ2) is 8.85. The lowest BCUT2D eigenvalue weighted by Gasteiger charge is -2.22. The first-order valence-electron chi connectivity index (χ1n) is 8.20. The smallest absolute Gasteiger partial charge is 0.345 e. The van der Waals surface area contributed by atoms with Gasteiger partial charge in [0.1, 0.15) is 5.57 Å². The Morgan fingerprint density at radius 1 is 1.00 bits per heavy atom. The molecule has 0 saturated carbocycles. The van der Waals surface area contributed by atoms with Crippen LogP contribution in [0.2, 0.25) is 0 Å². The Morgan fingerprint density at radius 3 is 2.27 bits per heavy atom. The van der Waals surface area contributed by atoms with Gasteiger partial charge >= 0.3 is 11.9 Å². The van der Waals surface area contributed by atoms with Gasteiger partial charge in [0.25, 0.3) is 0 Å². The van der Waals surface area contributed by atoms with Crippen molar-refractivity contribution in [3.05, 3.63) is 70.8 Å². The van der Waals surface area contributed by atoms with E-state index < -0.39 is 11.9 Å². The minimum atomic E-state index is -0.729. The van der Waals surface area contributed by atoms with Gasteiger partial charge in [0.05, 0.1) is 14.2 Å². The first-order chi connectivity index (χ1) is 12.5. The number of hydrogen-bond donors (Lipinski definition) is 0. The molecule has 26 heavy (non-hydrogen) atoms. The number of esters is 2. The van der Waals surface area contributed by atoms with Gasteiger partial charge in [-0.05, 0) is 30.2 Å². The molecule has 0 aliphatic heterocycles. The summed E-state index contributed by atoms with van der Waals surface area (Å²) in [6.07, 6.45) is 1.50. The number of aryl methyl sites for hydroxylation is 1. The van der Waals surface area contributed by atoms with Gasteiger partial charge < -0.3 is 14.4 Å². The fourth-order valence-corrected chi connectivity index (χ4v) is 2.70. The van der Waals surface area contributed by atoms with Gasteiger partial charge in [0.15, 0.2) is 0 Å². The monoisotopic (exact) mass is 353 g/mol. The molecule has 0 bridgehead atoms. The number of ether oxygens (including phenoxy) is 2. The molecule has 2 aromatic rings. The predicted octanol–water partition coefficient (Wildman–Crippen LogP) is 3.36. The number of nitrogens with zero attached hydrogens (tertiary/aromatic N) is 1. The lowest BCUT2D eigenvalue weighted by atomic mass is 10.1. The van der Waals surface area contributed by atoms with Crippen LogP contribution in [0.15, 0.2) is 54.1 Å². The molecule has 0 heterocycles. The van der Waals surface area contributed by atoms with E-state index in [4.69, 9.17) is 9.47 Å². The average Bonchev–Trinajstić information content (AvgIpc) is 2.65. The zero-order chi connectivity index (χ0) is 19.1. The lowest BCUT2D eigenvalue weighted by Crippen LogP contribution is -2.18. The van der Waals surface area contributed by atoms with E-state index in [1.165, 1.54) is 31.4 Å². The number of hydrogen-bond acceptors (Lipinski definition) is 5. The van der Waals surface area contributed by atoms with Gasteiger partial charge in [0.2, 0.25) is 0 Å². The Balaban J connectivity index is 2.38. The molecule has 0 saturated heterocycles. The molecule has 0 atom stereocenters. The fourth-order valence-electron chi connectivity index (χ4n) is 2.70. The highest BCUT2D eigenvalue weighted by molar-refractivity contribution is 6.18. The van der Waals surface area contributed by atoms with Gasteiger partial charge in [0, 0.05) is 19.3 Å². The van der Waals surface area contributed by atoms with E-state index in [0.29, 0.717) is 6.54 Å². The first-order valence-corrected chi connectivity index (χ1v) is 8.20. The van der Waals surface area contributed by atoms with E-state index in [9.17, 15) is 9.59 Å². The maximum Gasteiger partial charge on any atom is 0.345 e. The molecular weight excluding hydrogens is 330 g/mol. The van der Waals surface area contributed by atoms with Gasteiger partial charge in [-0.15, -0.1) is 0 Å². The molecule has 0 N–H and O–H groups in total. The standard InChI is InChI=1S/C21H23NO4/c1-15-8-7-9-16(12-15)14-22(2)19-11-6-5-10-17(19)13-18(20(23)25-3)21(24)26-4/h5-13H,14H2,1-4H3. The molecule has 0 spiro atoms. The Hall–Kier alpha value is -3.08. The van der Waals surface area contributed by atoms with Crippen LogP contribution in [0.4, 0.5) is 5.69 Å². The fraction of sp³-hybridized carbons (Fsp3) is 0.238. The van der Waals surface area contributed by atoms with E-state index >= 15 is 0 Å². The molecule has 0 aromatic heterocycles. The molecule has 5 heteroatoms. The Kier molecular flexibility index (Phi) is 6.55. The van der Waals surface area contributed by atoms with Crippen LogP contribution in [0, 0.1) is 6.92 Å². The third kappa shape index (κ3) is 4.72. The highest BCUT2D eigenvalue weighted by Crippen LogP contribution is 2.24. The van der Waals surface area contributed by atoms with Crippen molar-refractivity contribution in [3.63, 3.8) is 0 Å². The summed E-state index contributed by atoms with van der Waals surface area (Å²) in [5.41, 5.74) is 3.84. The summed E-state index contributed by atoms with van der Waals surface area (Å²) in [5, 5.41) is 0. The Morgan fingerprint density at radius 2 is 1.65 bits per heavy atom. The van der Waals surface area contributed by atoms with Crippen LogP contribution in [-0.2, 0) is 25.6 Å². The van der Waals surface area contributed by atoms with E-state index in [0.717, 1.165) is 11.3 Å². The van der Waals surface area contributed by atoms with Crippen LogP contribution in [0.3, 0.4) is 0 Å². The minimum absolute atomic E-state index is 0.147. The van der Waals surface area contributed by atoms with Crippen molar-refractivity contribution in [1.82, 2.24) is 0 Å². The van der Waals surface area contributed by atoms with Gasteiger partial charge in [-0.25, -0.2) is 9.59 Å². The number of benzene rings is 2. The Labute approximate surface area is 153 Å². The molecule has 0 aliphatic carbocycles. The highest BCUT2D eigenvalue weighted by Gasteiger charge is 2.20. The van der Waals surface area contributed by atoms with Crippen LogP contribution >= 0.6 is 0 Å². The predicted molar refractivity (Wildman–Crippen MR) is 102 cm³/mol. The van der Waals surface area contributed by atoms with Crippen molar-refractivity contribution < 1.29 is 19.1 Å². The van der Waals surface area contributed by atoms with Crippen LogP contribution in [0.25, 0.3) is 6.08 Å². The largest absolute Gasteiger partial charge is 0.465 e. The van der Waals surface area contributed by atoms with E-state index in [1.807, 2.05) is 37.4 Å². The topological polar surface area (TPSA) is 55.8 Å². The number of rotatable bonds is 6. The van der Waals surface area contributed by atoms with Gasteiger partial charge in [-0.3, -0.25) is 0 Å². The third-order valence-corrected chi connectivity index (χ3v) is 3.96. The third-order valence-electron chi connectivity index (χ3n) is 3.96. The SMILES string of the molecule is COC(=O)C(=Cc1ccccc1N(C)Cc1cccc(C)c1)C(=O)OC. The average molecular weight is 353 g/mol. The second-order valence-electron chi connectivity index (χ2n) is 5.95. The zero-order valence-corrected chi connectivity index (χ0v) is 15.5. The first kappa shape index (κ1) is 19.2. The van der Waals surface area contributed by atoms with E-state index in [1.54, 1.807) is 0 Å². The highest BCUT2D eigenvalue weighted by atomic mass is 16.5. The number of methoxy groups -OCH3 is 2. The number of carbonyl (C=O) groups is 2. The maximum absolute atomic E-state index is 11.9. The summed E-state index contributed by atoms with van der Waals surface area (Å²) in [6, 6.07) is 15.8. The molecule has 0 amide bonds. The van der Waals surface area contributed by atoms with Crippen molar-refractivity contribution >= 4 is 23.7 Å². The summed E-state index contributed by atoms with van der Waals surface area (Å²) < 4.78 is 9.39. The normalized spacial score (nSPS) is 10.0. The summed E-state index contributed by atoms with van der Waals surface area (Å²) in [6.45, 7) is 2.75. The molecule has 0 unspecified atom stereocenters. The van der Waals surface area contributed by atoms with Crippen molar-refractivity contribution in [2.75, 3.05) is 26.2 Å². The van der Waals surface area contributed by atoms with Crippen LogP contribution in [0.5, 0.6) is 0 Å². The summed E-state index contributed by atoms with van der Waals surface area (Å²) in [4.78, 5) is 25.9. The molecular formula is C21H23NO4. The van der Waals surface area contributed by atoms with Crippen molar-refractivity contribution in [2.24, 2.45) is 0 Å². The number of anilines is 1. The number of carbonyl (C=O) groups excluding carboxylic acids is 2. The second-order valence-corrected chi connectivity index (χ2v) is 5.95. The van der Waals surface area contributed by atoms with Crippen molar-refractivity contribution in [2.45, 2.75) is 13.5 Å². The summed E-state index contributed by atoms with van der Waals surface area (Å²) in [5.74, 6) is -1.46. The van der Waals surface area contributed by atoms with E-state index in [2.05, 4.69) is 30.0 Å². The molecule has 0 aliphatic rings. The van der Waals surface area contributed by atoms with Crippen LogP contribution in [-0.4, -0.2) is 33.2 Å². The van der Waals surface area contributed by atoms with Crippen LogP contribution in [0.1, 0.15) is 16.7 Å². The molecule has 136 valence electrons. The summed E-state index contributed by atoms with van der Waals surface area (Å²) >= 11 is 0. The molecule has 2 rings (SSSR count). The van der Waals surface area contributed by atoms with Crippen molar-refractivity contribution in [3.8, 4) is 0 Å². The lowest BCUT2D eigenvalue weighted by molar-refractivity contribution is -0.143. The van der Waals surface area contributed by atoms with E-state index in [-0.39, 0.29) is 5.57 Å². The summed E-state index contributed by atoms with van der Waals surface area (Å²) in [7, 11) is 4.43. The minimum Gasteiger partial charge on any atom is -0.465 e. The van der Waals surface area contributed by atoms with Gasteiger partial charge in [-0.2, -0.15) is 0 Å². The Bertz CT molecular complexity index is 808. The quantitative estimate of drug-likeness (QED) is 0.345. The number of para-hydroxylation sites is 1. The van der Waals surface area contributed by atoms with Crippen LogP contribution < -0.4 is 4.90 Å². The molecule has 5 nitrogen and oxygen atoms in total. The zero-order valence-electron chi connectivity index (χ0n) is 15.5. The molecule has 2 aromatic carbocycles. The molecule has 0 fully saturated rings. The maximum atomic E-state index is 11.9. The van der Waals surface area contributed by atoms with Gasteiger partial charge in [-0.1, -0.05) is 48.0 Å². The molecule has 0 radical (unpaired) electrons.